The Hall–Kier alpha value is -0.760. The first-order valence-corrected chi connectivity index (χ1v) is 5.01. The second kappa shape index (κ2) is 3.18. The molecule has 2 heteroatoms. The van der Waals surface area contributed by atoms with E-state index in [4.69, 9.17) is 0 Å². The standard InChI is InChI=1S/C11H18N2/c1-11(5-6-11)9-12-8-10-4-3-7-13(10)2/h3-4,7,12H,5-6,8-9H2,1-2H3. The zero-order valence-corrected chi connectivity index (χ0v) is 8.51. The third kappa shape index (κ3) is 2.13. The normalized spacial score (nSPS) is 18.9. The Morgan fingerprint density at radius 1 is 1.54 bits per heavy atom. The molecule has 0 radical (unpaired) electrons. The maximum Gasteiger partial charge on any atom is 0.0359 e. The van der Waals surface area contributed by atoms with Gasteiger partial charge in [-0.2, -0.15) is 0 Å². The molecule has 0 spiro atoms. The summed E-state index contributed by atoms with van der Waals surface area (Å²) in [5.74, 6) is 0. The van der Waals surface area contributed by atoms with Crippen LogP contribution in [0.15, 0.2) is 18.3 Å². The van der Waals surface area contributed by atoms with Gasteiger partial charge >= 0.3 is 0 Å². The Labute approximate surface area is 79.9 Å². The molecule has 1 aliphatic rings. The van der Waals surface area contributed by atoms with E-state index in [-0.39, 0.29) is 0 Å². The van der Waals surface area contributed by atoms with Crippen molar-refractivity contribution in [2.45, 2.75) is 26.3 Å². The van der Waals surface area contributed by atoms with E-state index in [1.165, 1.54) is 18.5 Å². The molecule has 1 aliphatic carbocycles. The topological polar surface area (TPSA) is 17.0 Å². The van der Waals surface area contributed by atoms with Crippen LogP contribution in [0.5, 0.6) is 0 Å². The lowest BCUT2D eigenvalue weighted by atomic mass is 10.1. The van der Waals surface area contributed by atoms with E-state index in [2.05, 4.69) is 42.2 Å². The summed E-state index contributed by atoms with van der Waals surface area (Å²) in [6.07, 6.45) is 4.89. The Balaban J connectivity index is 1.77. The molecular formula is C11H18N2. The largest absolute Gasteiger partial charge is 0.353 e. The molecule has 72 valence electrons. The molecule has 0 saturated heterocycles. The van der Waals surface area contributed by atoms with Crippen molar-refractivity contribution in [3.8, 4) is 0 Å². The van der Waals surface area contributed by atoms with Crippen LogP contribution in [0.25, 0.3) is 0 Å². The number of nitrogens with zero attached hydrogens (tertiary/aromatic N) is 1. The van der Waals surface area contributed by atoms with Crippen molar-refractivity contribution in [2.24, 2.45) is 12.5 Å². The molecular weight excluding hydrogens is 160 g/mol. The SMILES string of the molecule is Cn1cccc1CNCC1(C)CC1. The smallest absolute Gasteiger partial charge is 0.0359 e. The van der Waals surface area contributed by atoms with Crippen LogP contribution < -0.4 is 5.32 Å². The van der Waals surface area contributed by atoms with Gasteiger partial charge in [0.25, 0.3) is 0 Å². The second-order valence-corrected chi connectivity index (χ2v) is 4.52. The fraction of sp³-hybridized carbons (Fsp3) is 0.636. The summed E-state index contributed by atoms with van der Waals surface area (Å²) >= 11 is 0. The number of hydrogen-bond donors (Lipinski definition) is 1. The predicted molar refractivity (Wildman–Crippen MR) is 54.5 cm³/mol. The minimum atomic E-state index is 0.616. The molecule has 2 rings (SSSR count). The lowest BCUT2D eigenvalue weighted by Crippen LogP contribution is -2.22. The van der Waals surface area contributed by atoms with Crippen LogP contribution in [-0.2, 0) is 13.6 Å². The first-order chi connectivity index (χ1) is 6.20. The van der Waals surface area contributed by atoms with Crippen molar-refractivity contribution in [3.63, 3.8) is 0 Å². The van der Waals surface area contributed by atoms with Gasteiger partial charge < -0.3 is 9.88 Å². The zero-order chi connectivity index (χ0) is 9.31. The highest BCUT2D eigenvalue weighted by atomic mass is 15.0. The van der Waals surface area contributed by atoms with Crippen LogP contribution in [0.4, 0.5) is 0 Å². The Bertz CT molecular complexity index is 284. The molecule has 1 heterocycles. The lowest BCUT2D eigenvalue weighted by Gasteiger charge is -2.10. The molecule has 2 nitrogen and oxygen atoms in total. The quantitative estimate of drug-likeness (QED) is 0.745. The summed E-state index contributed by atoms with van der Waals surface area (Å²) in [6.45, 7) is 4.52. The van der Waals surface area contributed by atoms with Crippen LogP contribution in [0, 0.1) is 5.41 Å². The number of aromatic nitrogens is 1. The number of hydrogen-bond acceptors (Lipinski definition) is 1. The second-order valence-electron chi connectivity index (χ2n) is 4.52. The third-order valence-corrected chi connectivity index (χ3v) is 3.01. The molecule has 0 aromatic carbocycles. The van der Waals surface area contributed by atoms with E-state index < -0.39 is 0 Å². The summed E-state index contributed by atoms with van der Waals surface area (Å²) in [6, 6.07) is 4.26. The molecule has 1 aromatic heterocycles. The number of rotatable bonds is 4. The maximum atomic E-state index is 3.51. The number of nitrogens with one attached hydrogen (secondary N) is 1. The Morgan fingerprint density at radius 3 is 2.85 bits per heavy atom. The summed E-state index contributed by atoms with van der Waals surface area (Å²) in [4.78, 5) is 0. The molecule has 13 heavy (non-hydrogen) atoms. The number of aryl methyl sites for hydroxylation is 1. The maximum absolute atomic E-state index is 3.51. The highest BCUT2D eigenvalue weighted by Crippen LogP contribution is 2.44. The van der Waals surface area contributed by atoms with Crippen LogP contribution >= 0.6 is 0 Å². The van der Waals surface area contributed by atoms with Crippen molar-refractivity contribution >= 4 is 0 Å². The highest BCUT2D eigenvalue weighted by Gasteiger charge is 2.36. The van der Waals surface area contributed by atoms with Gasteiger partial charge in [0.2, 0.25) is 0 Å². The van der Waals surface area contributed by atoms with Crippen molar-refractivity contribution in [1.29, 1.82) is 0 Å². The van der Waals surface area contributed by atoms with Crippen molar-refractivity contribution in [3.05, 3.63) is 24.0 Å². The third-order valence-electron chi connectivity index (χ3n) is 3.01. The summed E-state index contributed by atoms with van der Waals surface area (Å²) in [5, 5.41) is 3.51. The molecule has 0 aliphatic heterocycles. The van der Waals surface area contributed by atoms with Crippen molar-refractivity contribution < 1.29 is 0 Å². The van der Waals surface area contributed by atoms with E-state index >= 15 is 0 Å². The molecule has 1 saturated carbocycles. The first kappa shape index (κ1) is 8.82. The fourth-order valence-corrected chi connectivity index (χ4v) is 1.56. The van der Waals surface area contributed by atoms with Gasteiger partial charge in [0.1, 0.15) is 0 Å². The van der Waals surface area contributed by atoms with E-state index in [0.29, 0.717) is 5.41 Å². The van der Waals surface area contributed by atoms with Gasteiger partial charge in [-0.15, -0.1) is 0 Å². The average molecular weight is 178 g/mol. The monoisotopic (exact) mass is 178 g/mol. The molecule has 0 bridgehead atoms. The predicted octanol–water partition coefficient (Wildman–Crippen LogP) is 1.91. The van der Waals surface area contributed by atoms with E-state index in [1.54, 1.807) is 0 Å². The average Bonchev–Trinajstić information content (AvgIpc) is 2.68. The minimum absolute atomic E-state index is 0.616. The molecule has 0 amide bonds. The van der Waals surface area contributed by atoms with Gasteiger partial charge in [-0.05, 0) is 30.4 Å². The summed E-state index contributed by atoms with van der Waals surface area (Å²) in [5.41, 5.74) is 1.98. The van der Waals surface area contributed by atoms with Gasteiger partial charge in [0.05, 0.1) is 0 Å². The van der Waals surface area contributed by atoms with Crippen LogP contribution in [0.1, 0.15) is 25.5 Å². The van der Waals surface area contributed by atoms with Gasteiger partial charge in [0, 0.05) is 32.0 Å². The van der Waals surface area contributed by atoms with Crippen molar-refractivity contribution in [1.82, 2.24) is 9.88 Å². The molecule has 1 N–H and O–H groups in total. The van der Waals surface area contributed by atoms with E-state index in [0.717, 1.165) is 13.1 Å². The highest BCUT2D eigenvalue weighted by molar-refractivity contribution is 5.06. The first-order valence-electron chi connectivity index (χ1n) is 5.01. The molecule has 0 unspecified atom stereocenters. The van der Waals surface area contributed by atoms with Gasteiger partial charge in [0.15, 0.2) is 0 Å². The Morgan fingerprint density at radius 2 is 2.31 bits per heavy atom. The van der Waals surface area contributed by atoms with Crippen LogP contribution in [-0.4, -0.2) is 11.1 Å². The molecule has 1 aromatic rings. The van der Waals surface area contributed by atoms with E-state index in [1.807, 2.05) is 0 Å². The summed E-state index contributed by atoms with van der Waals surface area (Å²) < 4.78 is 2.17. The van der Waals surface area contributed by atoms with E-state index in [9.17, 15) is 0 Å². The van der Waals surface area contributed by atoms with Crippen LogP contribution in [0.3, 0.4) is 0 Å². The van der Waals surface area contributed by atoms with Gasteiger partial charge in [-0.25, -0.2) is 0 Å². The zero-order valence-electron chi connectivity index (χ0n) is 8.51. The lowest BCUT2D eigenvalue weighted by molar-refractivity contribution is 0.493. The Kier molecular flexibility index (Phi) is 2.16. The molecule has 1 fully saturated rings. The van der Waals surface area contributed by atoms with Gasteiger partial charge in [-0.3, -0.25) is 0 Å². The van der Waals surface area contributed by atoms with Gasteiger partial charge in [-0.1, -0.05) is 6.92 Å². The van der Waals surface area contributed by atoms with Crippen LogP contribution in [0.2, 0.25) is 0 Å². The summed E-state index contributed by atoms with van der Waals surface area (Å²) in [7, 11) is 2.09. The fourth-order valence-electron chi connectivity index (χ4n) is 1.56. The minimum Gasteiger partial charge on any atom is -0.353 e. The van der Waals surface area contributed by atoms with Crippen molar-refractivity contribution in [2.75, 3.05) is 6.54 Å². The molecule has 0 atom stereocenters.